The molecule has 2 heterocycles. The quantitative estimate of drug-likeness (QED) is 0.418. The number of nitrogens with zero attached hydrogens (tertiary/aromatic N) is 1. The number of nitrogens with one attached hydrogen (secondary N) is 1. The van der Waals surface area contributed by atoms with Gasteiger partial charge in [-0.1, -0.05) is 42.5 Å². The highest BCUT2D eigenvalue weighted by atomic mass is 35.5. The number of phenolic OH excluding ortho intramolecular Hbond substituents is 1. The Bertz CT molecular complexity index is 1030. The molecule has 4 rings (SSSR count). The molecule has 0 bridgehead atoms. The maximum absolute atomic E-state index is 12.9. The van der Waals surface area contributed by atoms with Gasteiger partial charge in [-0.3, -0.25) is 9.59 Å². The molecule has 2 aliphatic heterocycles. The van der Waals surface area contributed by atoms with Gasteiger partial charge in [-0.2, -0.15) is 0 Å². The number of hydrogen-bond acceptors (Lipinski definition) is 7. The number of rotatable bonds is 6. The van der Waals surface area contributed by atoms with E-state index < -0.39 is 34.7 Å². The van der Waals surface area contributed by atoms with Crippen molar-refractivity contribution in [2.24, 2.45) is 5.73 Å². The second kappa shape index (κ2) is 9.62. The van der Waals surface area contributed by atoms with Crippen molar-refractivity contribution in [1.29, 1.82) is 0 Å². The zero-order valence-electron chi connectivity index (χ0n) is 18.1. The van der Waals surface area contributed by atoms with E-state index in [0.29, 0.717) is 5.56 Å². The van der Waals surface area contributed by atoms with Crippen LogP contribution in [0.4, 0.5) is 0 Å². The van der Waals surface area contributed by atoms with E-state index >= 15 is 0 Å². The number of benzene rings is 2. The van der Waals surface area contributed by atoms with Crippen LogP contribution < -0.4 is 11.1 Å². The number of esters is 1. The molecule has 2 aromatic carbocycles. The standard InChI is InChI=1S/C23H25N3O5S.ClH/c1-23(2)18(22(30)31-12-13-6-4-3-5-7-13)26-20(29)17(21(26)32-23)25-19(28)16(24)14-8-10-15(27)11-9-14;/h3-11,16-18,21,27H,12,24H2,1-2H3,(H,25,28);1H/t16?,17?,18-,21+;/m0./s1. The first kappa shape index (κ1) is 24.9. The molecule has 10 heteroatoms. The lowest BCUT2D eigenvalue weighted by Gasteiger charge is -2.44. The molecule has 8 nitrogen and oxygen atoms in total. The first-order valence-electron chi connectivity index (χ1n) is 10.2. The van der Waals surface area contributed by atoms with E-state index in [0.717, 1.165) is 5.56 Å². The minimum atomic E-state index is -0.983. The predicted molar refractivity (Wildman–Crippen MR) is 127 cm³/mol. The Morgan fingerprint density at radius 3 is 2.45 bits per heavy atom. The van der Waals surface area contributed by atoms with Crippen LogP contribution in [0, 0.1) is 0 Å². The summed E-state index contributed by atoms with van der Waals surface area (Å²) in [6, 6.07) is 12.9. The Balaban J connectivity index is 0.00000306. The molecule has 2 aliphatic rings. The Kier molecular flexibility index (Phi) is 7.26. The van der Waals surface area contributed by atoms with Crippen molar-refractivity contribution in [1.82, 2.24) is 10.2 Å². The zero-order chi connectivity index (χ0) is 23.0. The average molecular weight is 492 g/mol. The summed E-state index contributed by atoms with van der Waals surface area (Å²) in [7, 11) is 0. The van der Waals surface area contributed by atoms with Gasteiger partial charge in [0, 0.05) is 4.75 Å². The van der Waals surface area contributed by atoms with Crippen molar-refractivity contribution in [3.8, 4) is 5.75 Å². The van der Waals surface area contributed by atoms with Crippen LogP contribution in [0.5, 0.6) is 5.75 Å². The van der Waals surface area contributed by atoms with Crippen LogP contribution >= 0.6 is 24.2 Å². The molecule has 2 unspecified atom stereocenters. The molecule has 4 atom stereocenters. The second-order valence-electron chi connectivity index (χ2n) is 8.41. The zero-order valence-corrected chi connectivity index (χ0v) is 19.8. The number of ether oxygens (including phenoxy) is 1. The van der Waals surface area contributed by atoms with Crippen molar-refractivity contribution in [2.45, 2.75) is 48.7 Å². The summed E-state index contributed by atoms with van der Waals surface area (Å²) >= 11 is 1.45. The molecular formula is C23H26ClN3O5S. The van der Waals surface area contributed by atoms with Crippen LogP contribution in [-0.4, -0.2) is 50.0 Å². The number of nitrogens with two attached hydrogens (primary N) is 1. The summed E-state index contributed by atoms with van der Waals surface area (Å²) in [6.45, 7) is 3.91. The van der Waals surface area contributed by atoms with Gasteiger partial charge in [0.15, 0.2) is 0 Å². The van der Waals surface area contributed by atoms with Crippen molar-refractivity contribution < 1.29 is 24.2 Å². The number of halogens is 1. The summed E-state index contributed by atoms with van der Waals surface area (Å²) in [5, 5.41) is 11.7. The van der Waals surface area contributed by atoms with E-state index in [-0.39, 0.29) is 36.0 Å². The number of thioether (sulfide) groups is 1. The fourth-order valence-corrected chi connectivity index (χ4v) is 5.63. The molecule has 33 heavy (non-hydrogen) atoms. The highest BCUT2D eigenvalue weighted by molar-refractivity contribution is 8.01. The summed E-state index contributed by atoms with van der Waals surface area (Å²) in [4.78, 5) is 39.9. The molecule has 0 aliphatic carbocycles. The van der Waals surface area contributed by atoms with E-state index in [9.17, 15) is 19.5 Å². The fourth-order valence-electron chi connectivity index (χ4n) is 4.01. The van der Waals surface area contributed by atoms with E-state index in [1.807, 2.05) is 44.2 Å². The molecule has 0 aromatic heterocycles. The van der Waals surface area contributed by atoms with E-state index in [1.165, 1.54) is 28.8 Å². The van der Waals surface area contributed by atoms with Crippen molar-refractivity contribution >= 4 is 42.0 Å². The molecule has 2 saturated heterocycles. The lowest BCUT2D eigenvalue weighted by atomic mass is 9.95. The minimum absolute atomic E-state index is 0. The maximum atomic E-state index is 12.9. The number of hydrogen-bond donors (Lipinski definition) is 3. The van der Waals surface area contributed by atoms with E-state index in [4.69, 9.17) is 10.5 Å². The van der Waals surface area contributed by atoms with Gasteiger partial charge in [-0.15, -0.1) is 24.2 Å². The van der Waals surface area contributed by atoms with Gasteiger partial charge in [0.05, 0.1) is 0 Å². The summed E-state index contributed by atoms with van der Waals surface area (Å²) in [5.41, 5.74) is 7.41. The normalized spacial score (nSPS) is 23.5. The fraction of sp³-hybridized carbons (Fsp3) is 0.348. The number of aromatic hydroxyl groups is 1. The Labute approximate surface area is 202 Å². The third kappa shape index (κ3) is 4.80. The van der Waals surface area contributed by atoms with Gasteiger partial charge in [-0.25, -0.2) is 4.79 Å². The number of amides is 2. The number of phenols is 1. The number of fused-ring (bicyclic) bond motifs is 1. The molecule has 0 spiro atoms. The highest BCUT2D eigenvalue weighted by Crippen LogP contribution is 2.51. The molecule has 4 N–H and O–H groups in total. The van der Waals surface area contributed by atoms with Gasteiger partial charge in [0.25, 0.3) is 0 Å². The van der Waals surface area contributed by atoms with Gasteiger partial charge in [0.2, 0.25) is 11.8 Å². The predicted octanol–water partition coefficient (Wildman–Crippen LogP) is 2.10. The SMILES string of the molecule is CC1(C)S[C@@H]2C(NC(=O)C(N)c3ccc(O)cc3)C(=O)N2[C@H]1C(=O)OCc1ccccc1.Cl. The van der Waals surface area contributed by atoms with Crippen molar-refractivity contribution in [3.05, 3.63) is 65.7 Å². The first-order valence-corrected chi connectivity index (χ1v) is 11.1. The van der Waals surface area contributed by atoms with Gasteiger partial charge >= 0.3 is 5.97 Å². The third-order valence-electron chi connectivity index (χ3n) is 5.72. The Morgan fingerprint density at radius 1 is 1.18 bits per heavy atom. The van der Waals surface area contributed by atoms with Crippen molar-refractivity contribution in [2.75, 3.05) is 0 Å². The average Bonchev–Trinajstić information content (AvgIpc) is 3.04. The van der Waals surface area contributed by atoms with Crippen LogP contribution in [0.2, 0.25) is 0 Å². The monoisotopic (exact) mass is 491 g/mol. The van der Waals surface area contributed by atoms with Gasteiger partial charge in [-0.05, 0) is 37.1 Å². The summed E-state index contributed by atoms with van der Waals surface area (Å²) < 4.78 is 4.92. The molecule has 0 saturated carbocycles. The van der Waals surface area contributed by atoms with Crippen LogP contribution in [0.15, 0.2) is 54.6 Å². The largest absolute Gasteiger partial charge is 0.508 e. The third-order valence-corrected chi connectivity index (χ3v) is 7.29. The van der Waals surface area contributed by atoms with Gasteiger partial charge in [0.1, 0.15) is 35.9 Å². The summed E-state index contributed by atoms with van der Waals surface area (Å²) in [5.74, 6) is -1.23. The van der Waals surface area contributed by atoms with Crippen LogP contribution in [0.3, 0.4) is 0 Å². The Hall–Kier alpha value is -2.75. The molecule has 176 valence electrons. The molecule has 2 amide bonds. The van der Waals surface area contributed by atoms with E-state index in [1.54, 1.807) is 12.1 Å². The van der Waals surface area contributed by atoms with E-state index in [2.05, 4.69) is 5.32 Å². The minimum Gasteiger partial charge on any atom is -0.508 e. The Morgan fingerprint density at radius 2 is 1.82 bits per heavy atom. The lowest BCUT2D eigenvalue weighted by molar-refractivity contribution is -0.165. The number of carbonyl (C=O) groups excluding carboxylic acids is 3. The van der Waals surface area contributed by atoms with Gasteiger partial charge < -0.3 is 25.8 Å². The molecule has 0 radical (unpaired) electrons. The van der Waals surface area contributed by atoms with Crippen LogP contribution in [-0.2, 0) is 25.7 Å². The first-order chi connectivity index (χ1) is 15.2. The molecular weight excluding hydrogens is 466 g/mol. The second-order valence-corrected chi connectivity index (χ2v) is 10.2. The highest BCUT2D eigenvalue weighted by Gasteiger charge is 2.64. The van der Waals surface area contributed by atoms with Crippen LogP contribution in [0.1, 0.15) is 31.0 Å². The van der Waals surface area contributed by atoms with Crippen LogP contribution in [0.25, 0.3) is 0 Å². The number of carbonyl (C=O) groups is 3. The molecule has 2 aromatic rings. The maximum Gasteiger partial charge on any atom is 0.330 e. The molecule has 2 fully saturated rings. The lowest BCUT2D eigenvalue weighted by Crippen LogP contribution is -2.71. The number of β-lactam (4-membered cyclic amide) rings is 1. The summed E-state index contributed by atoms with van der Waals surface area (Å²) in [6.07, 6.45) is 0. The topological polar surface area (TPSA) is 122 Å². The van der Waals surface area contributed by atoms with Crippen molar-refractivity contribution in [3.63, 3.8) is 0 Å². The smallest absolute Gasteiger partial charge is 0.330 e.